The first-order chi connectivity index (χ1) is 18.6. The highest BCUT2D eigenvalue weighted by molar-refractivity contribution is 5.93. The number of methoxy groups -OCH3 is 1. The first kappa shape index (κ1) is 24.9. The highest BCUT2D eigenvalue weighted by Gasteiger charge is 2.07. The van der Waals surface area contributed by atoms with Gasteiger partial charge in [0.2, 0.25) is 0 Å². The van der Waals surface area contributed by atoms with Crippen molar-refractivity contribution in [3.05, 3.63) is 120 Å². The number of carbonyl (C=O) groups is 1. The number of ether oxygens (including phenoxy) is 2. The van der Waals surface area contributed by atoms with Crippen LogP contribution in [-0.2, 0) is 0 Å². The van der Waals surface area contributed by atoms with Crippen LogP contribution < -0.4 is 20.3 Å². The van der Waals surface area contributed by atoms with E-state index in [4.69, 9.17) is 14.7 Å². The van der Waals surface area contributed by atoms with Crippen LogP contribution in [0.2, 0.25) is 0 Å². The largest absolute Gasteiger partial charge is 0.497 e. The Hall–Kier alpha value is -4.81. The zero-order valence-electron chi connectivity index (χ0n) is 21.0. The average Bonchev–Trinajstić information content (AvgIpc) is 2.98. The quantitative estimate of drug-likeness (QED) is 0.154. The van der Waals surface area contributed by atoms with Gasteiger partial charge in [-0.1, -0.05) is 66.7 Å². The van der Waals surface area contributed by atoms with E-state index in [1.54, 1.807) is 24.7 Å². The van der Waals surface area contributed by atoms with Gasteiger partial charge < -0.3 is 14.8 Å². The Morgan fingerprint density at radius 1 is 0.842 bits per heavy atom. The lowest BCUT2D eigenvalue weighted by molar-refractivity contribution is 0.0706. The Kier molecular flexibility index (Phi) is 7.52. The molecule has 190 valence electrons. The number of rotatable bonds is 9. The lowest BCUT2D eigenvalue weighted by atomic mass is 10.1. The zero-order valence-corrected chi connectivity index (χ0v) is 21.0. The summed E-state index contributed by atoms with van der Waals surface area (Å²) in [5.74, 6) is 1.09. The number of fused-ring (bicyclic) bond motifs is 2. The molecule has 0 unspecified atom stereocenters. The maximum atomic E-state index is 11.7. The fraction of sp³-hybridized carbons (Fsp3) is 0.0938. The van der Waals surface area contributed by atoms with E-state index in [-0.39, 0.29) is 0 Å². The molecule has 0 heterocycles. The number of anilines is 1. The molecule has 0 atom stereocenters. The van der Waals surface area contributed by atoms with E-state index in [2.05, 4.69) is 41.7 Å². The molecule has 38 heavy (non-hydrogen) atoms. The van der Waals surface area contributed by atoms with Crippen molar-refractivity contribution in [3.63, 3.8) is 0 Å². The van der Waals surface area contributed by atoms with Crippen molar-refractivity contribution in [2.75, 3.05) is 25.6 Å². The smallest absolute Gasteiger partial charge is 0.274 e. The Morgan fingerprint density at radius 3 is 2.45 bits per heavy atom. The van der Waals surface area contributed by atoms with E-state index >= 15 is 0 Å². The molecule has 0 aliphatic heterocycles. The van der Waals surface area contributed by atoms with Gasteiger partial charge in [-0.05, 0) is 69.8 Å². The molecule has 1 amide bonds. The Morgan fingerprint density at radius 2 is 1.63 bits per heavy atom. The molecule has 5 aromatic rings. The molecule has 3 N–H and O–H groups in total. The van der Waals surface area contributed by atoms with Crippen molar-refractivity contribution < 1.29 is 19.5 Å². The molecule has 0 saturated heterocycles. The van der Waals surface area contributed by atoms with Gasteiger partial charge >= 0.3 is 0 Å². The Balaban J connectivity index is 1.39. The summed E-state index contributed by atoms with van der Waals surface area (Å²) < 4.78 is 11.7. The molecule has 0 aromatic heterocycles. The lowest BCUT2D eigenvalue weighted by Crippen LogP contribution is -2.18. The molecule has 5 aromatic carbocycles. The third-order valence-electron chi connectivity index (χ3n) is 6.37. The molecule has 5 rings (SSSR count). The molecule has 0 fully saturated rings. The summed E-state index contributed by atoms with van der Waals surface area (Å²) in [7, 11) is 1.67. The molecule has 0 bridgehead atoms. The maximum Gasteiger partial charge on any atom is 0.274 e. The van der Waals surface area contributed by atoms with Crippen LogP contribution in [0.15, 0.2) is 109 Å². The van der Waals surface area contributed by atoms with Gasteiger partial charge in [-0.15, -0.1) is 0 Å². The van der Waals surface area contributed by atoms with Gasteiger partial charge in [0.05, 0.1) is 7.11 Å². The topological polar surface area (TPSA) is 79.8 Å². The number of benzene rings is 5. The van der Waals surface area contributed by atoms with E-state index in [1.165, 1.54) is 0 Å². The second kappa shape index (κ2) is 11.5. The molecular formula is C32H28N2O4. The SMILES string of the molecule is COc1ccc2ccc(NCC(=Cc3ccc(C(=O)NO)cc3)COc3cccc4ccccc34)cc2c1. The molecular weight excluding hydrogens is 476 g/mol. The highest BCUT2D eigenvalue weighted by atomic mass is 16.5. The first-order valence-corrected chi connectivity index (χ1v) is 12.3. The van der Waals surface area contributed by atoms with Crippen LogP contribution in [0.1, 0.15) is 15.9 Å². The predicted octanol–water partition coefficient (Wildman–Crippen LogP) is 6.70. The molecule has 6 nitrogen and oxygen atoms in total. The van der Waals surface area contributed by atoms with Gasteiger partial charge in [-0.2, -0.15) is 0 Å². The van der Waals surface area contributed by atoms with Crippen LogP contribution in [0.5, 0.6) is 11.5 Å². The third-order valence-corrected chi connectivity index (χ3v) is 6.37. The average molecular weight is 505 g/mol. The van der Waals surface area contributed by atoms with Gasteiger partial charge in [0.15, 0.2) is 0 Å². The highest BCUT2D eigenvalue weighted by Crippen LogP contribution is 2.27. The van der Waals surface area contributed by atoms with E-state index in [1.807, 2.05) is 60.7 Å². The number of amides is 1. The van der Waals surface area contributed by atoms with Gasteiger partial charge in [0, 0.05) is 23.2 Å². The minimum atomic E-state index is -0.547. The van der Waals surface area contributed by atoms with Crippen LogP contribution in [0.4, 0.5) is 5.69 Å². The van der Waals surface area contributed by atoms with Crippen LogP contribution in [-0.4, -0.2) is 31.4 Å². The molecule has 0 aliphatic carbocycles. The van der Waals surface area contributed by atoms with Crippen LogP contribution in [0.25, 0.3) is 27.6 Å². The van der Waals surface area contributed by atoms with Crippen molar-refractivity contribution in [1.82, 2.24) is 5.48 Å². The number of nitrogens with one attached hydrogen (secondary N) is 2. The van der Waals surface area contributed by atoms with Crippen molar-refractivity contribution in [2.24, 2.45) is 0 Å². The van der Waals surface area contributed by atoms with Crippen LogP contribution in [0, 0.1) is 0 Å². The molecule has 0 aliphatic rings. The summed E-state index contributed by atoms with van der Waals surface area (Å²) in [5, 5.41) is 16.8. The van der Waals surface area contributed by atoms with Gasteiger partial charge in [-0.25, -0.2) is 5.48 Å². The number of hydroxylamine groups is 1. The van der Waals surface area contributed by atoms with Crippen molar-refractivity contribution in [1.29, 1.82) is 0 Å². The fourth-order valence-electron chi connectivity index (χ4n) is 4.34. The lowest BCUT2D eigenvalue weighted by Gasteiger charge is -2.14. The van der Waals surface area contributed by atoms with Crippen molar-refractivity contribution in [2.45, 2.75) is 0 Å². The minimum absolute atomic E-state index is 0.376. The number of carbonyl (C=O) groups excluding carboxylic acids is 1. The summed E-state index contributed by atoms with van der Waals surface area (Å²) in [4.78, 5) is 11.7. The van der Waals surface area contributed by atoms with Crippen molar-refractivity contribution in [3.8, 4) is 11.5 Å². The first-order valence-electron chi connectivity index (χ1n) is 12.3. The Labute approximate surface area is 221 Å². The maximum absolute atomic E-state index is 11.7. The molecule has 0 saturated carbocycles. The summed E-state index contributed by atoms with van der Waals surface area (Å²) >= 11 is 0. The summed E-state index contributed by atoms with van der Waals surface area (Å²) in [6.07, 6.45) is 2.04. The summed E-state index contributed by atoms with van der Waals surface area (Å²) in [6, 6.07) is 33.5. The standard InChI is InChI=1S/C32H28N2O4/c1-37-29-16-14-24-13-15-28(18-27(24)19-29)33-20-23(17-22-9-11-26(12-10-22)32(35)34-36)21-38-31-8-4-6-25-5-2-3-7-30(25)31/h2-19,33,36H,20-21H2,1H3,(H,34,35). The van der Waals surface area contributed by atoms with E-state index in [0.717, 1.165) is 49.9 Å². The van der Waals surface area contributed by atoms with Crippen LogP contribution in [0.3, 0.4) is 0 Å². The minimum Gasteiger partial charge on any atom is -0.497 e. The third kappa shape index (κ3) is 5.77. The summed E-state index contributed by atoms with van der Waals surface area (Å²) in [6.45, 7) is 0.931. The molecule has 6 heteroatoms. The normalized spacial score (nSPS) is 11.4. The monoisotopic (exact) mass is 504 g/mol. The van der Waals surface area contributed by atoms with E-state index < -0.39 is 5.91 Å². The molecule has 0 spiro atoms. The van der Waals surface area contributed by atoms with Gasteiger partial charge in [-0.3, -0.25) is 10.0 Å². The van der Waals surface area contributed by atoms with Crippen LogP contribution >= 0.6 is 0 Å². The fourth-order valence-corrected chi connectivity index (χ4v) is 4.34. The second-order valence-corrected chi connectivity index (χ2v) is 8.91. The number of hydrogen-bond donors (Lipinski definition) is 3. The second-order valence-electron chi connectivity index (χ2n) is 8.91. The van der Waals surface area contributed by atoms with E-state index in [0.29, 0.717) is 18.7 Å². The zero-order chi connectivity index (χ0) is 26.3. The van der Waals surface area contributed by atoms with E-state index in [9.17, 15) is 4.79 Å². The van der Waals surface area contributed by atoms with Gasteiger partial charge in [0.25, 0.3) is 5.91 Å². The number of hydrogen-bond acceptors (Lipinski definition) is 5. The predicted molar refractivity (Wildman–Crippen MR) is 152 cm³/mol. The summed E-state index contributed by atoms with van der Waals surface area (Å²) in [5.41, 5.74) is 4.96. The molecule has 0 radical (unpaired) electrons. The van der Waals surface area contributed by atoms with Gasteiger partial charge in [0.1, 0.15) is 18.1 Å². The Bertz CT molecular complexity index is 1600. The van der Waals surface area contributed by atoms with Crippen molar-refractivity contribution >= 4 is 39.2 Å².